The van der Waals surface area contributed by atoms with Gasteiger partial charge in [-0.25, -0.2) is 0 Å². The summed E-state index contributed by atoms with van der Waals surface area (Å²) < 4.78 is 5.32. The minimum Gasteiger partial charge on any atom is -0.380 e. The predicted molar refractivity (Wildman–Crippen MR) is 48.3 cm³/mol. The first kappa shape index (κ1) is 15.4. The third-order valence-corrected chi connectivity index (χ3v) is 1.53. The average molecular weight is 180 g/mol. The van der Waals surface area contributed by atoms with Crippen molar-refractivity contribution in [1.29, 1.82) is 0 Å². The molecule has 0 saturated heterocycles. The molecular weight excluding hydrogens is 161 g/mol. The molecule has 3 heteroatoms. The Bertz CT molecular complexity index is 76.9. The zero-order valence-corrected chi connectivity index (χ0v) is 10.5. The van der Waals surface area contributed by atoms with Crippen LogP contribution in [0.25, 0.3) is 0 Å². The molecule has 0 rings (SSSR count). The Morgan fingerprint density at radius 3 is 2.17 bits per heavy atom. The van der Waals surface area contributed by atoms with E-state index in [-0.39, 0.29) is 29.6 Å². The zero-order valence-electron chi connectivity index (χ0n) is 8.51. The van der Waals surface area contributed by atoms with Crippen molar-refractivity contribution in [3.63, 3.8) is 0 Å². The summed E-state index contributed by atoms with van der Waals surface area (Å²) in [4.78, 5) is 2.15. The maximum Gasteiger partial charge on any atom is 1.00 e. The van der Waals surface area contributed by atoms with Crippen LogP contribution in [-0.4, -0.2) is 37.7 Å². The van der Waals surface area contributed by atoms with Crippen molar-refractivity contribution >= 4 is 0 Å². The molecule has 0 bridgehead atoms. The minimum atomic E-state index is 0. The number of hydrogen-bond donors (Lipinski definition) is 0. The van der Waals surface area contributed by atoms with Crippen LogP contribution in [0.15, 0.2) is 0 Å². The van der Waals surface area contributed by atoms with Gasteiger partial charge in [0.15, 0.2) is 0 Å². The molecule has 0 aromatic rings. The van der Waals surface area contributed by atoms with Gasteiger partial charge in [0.1, 0.15) is 0 Å². The molecule has 2 nitrogen and oxygen atoms in total. The molecule has 0 radical (unpaired) electrons. The van der Waals surface area contributed by atoms with Crippen LogP contribution in [0.2, 0.25) is 0 Å². The fourth-order valence-electron chi connectivity index (χ4n) is 0.775. The van der Waals surface area contributed by atoms with E-state index in [0.29, 0.717) is 0 Å². The summed E-state index contributed by atoms with van der Waals surface area (Å²) in [5.74, 6) is 0. The van der Waals surface area contributed by atoms with Crippen LogP contribution >= 0.6 is 0 Å². The van der Waals surface area contributed by atoms with E-state index in [1.165, 1.54) is 0 Å². The third kappa shape index (κ3) is 9.01. The second-order valence-electron chi connectivity index (χ2n) is 2.45. The molecule has 0 aromatic heterocycles. The molecule has 0 N–H and O–H groups in total. The van der Waals surface area contributed by atoms with E-state index >= 15 is 0 Å². The van der Waals surface area contributed by atoms with Gasteiger partial charge in [-0.3, -0.25) is 0 Å². The smallest absolute Gasteiger partial charge is 0.380 e. The molecule has 0 atom stereocenters. The number of ether oxygens (including phenoxy) is 1. The summed E-state index contributed by atoms with van der Waals surface area (Å²) in [5, 5.41) is 0. The van der Waals surface area contributed by atoms with Crippen LogP contribution < -0.4 is 29.6 Å². The van der Waals surface area contributed by atoms with Crippen LogP contribution in [0.1, 0.15) is 13.3 Å². The van der Waals surface area contributed by atoms with E-state index in [2.05, 4.69) is 25.7 Å². The average Bonchev–Trinajstić information content (AvgIpc) is 2.05. The SMILES string of the molecule is [CH2-]CN(C[CH2-])CCOCCC.[Na+]. The summed E-state index contributed by atoms with van der Waals surface area (Å²) in [6, 6.07) is 0. The van der Waals surface area contributed by atoms with E-state index in [9.17, 15) is 0 Å². The Hall–Kier alpha value is 0.920. The number of hydrogen-bond acceptors (Lipinski definition) is 2. The monoisotopic (exact) mass is 180 g/mol. The standard InChI is InChI=1S/C9H19NO.Na/c1-4-8-11-9-7-10(5-2)6-3;/h2-9H2,1H3;/q-2;+1. The van der Waals surface area contributed by atoms with Crippen molar-refractivity contribution in [3.8, 4) is 0 Å². The first-order chi connectivity index (χ1) is 5.35. The van der Waals surface area contributed by atoms with E-state index in [0.717, 1.165) is 39.3 Å². The quantitative estimate of drug-likeness (QED) is 0.265. The molecule has 0 aliphatic rings. The van der Waals surface area contributed by atoms with E-state index in [1.807, 2.05) is 0 Å². The Morgan fingerprint density at radius 2 is 1.75 bits per heavy atom. The third-order valence-electron chi connectivity index (χ3n) is 1.53. The zero-order chi connectivity index (χ0) is 8.53. The van der Waals surface area contributed by atoms with Crippen molar-refractivity contribution in [2.24, 2.45) is 0 Å². The second kappa shape index (κ2) is 11.9. The molecule has 0 unspecified atom stereocenters. The van der Waals surface area contributed by atoms with E-state index in [4.69, 9.17) is 4.74 Å². The van der Waals surface area contributed by atoms with Gasteiger partial charge in [0.05, 0.1) is 6.61 Å². The largest absolute Gasteiger partial charge is 1.00 e. The first-order valence-electron chi connectivity index (χ1n) is 4.23. The van der Waals surface area contributed by atoms with Crippen LogP contribution in [0.4, 0.5) is 0 Å². The van der Waals surface area contributed by atoms with Crippen LogP contribution in [0.5, 0.6) is 0 Å². The molecule has 0 saturated carbocycles. The van der Waals surface area contributed by atoms with Crippen molar-refractivity contribution in [2.45, 2.75) is 13.3 Å². The molecule has 12 heavy (non-hydrogen) atoms. The van der Waals surface area contributed by atoms with Gasteiger partial charge < -0.3 is 23.5 Å². The van der Waals surface area contributed by atoms with Crippen LogP contribution in [-0.2, 0) is 4.74 Å². The molecule has 0 amide bonds. The summed E-state index contributed by atoms with van der Waals surface area (Å²) in [5.41, 5.74) is 0. The Morgan fingerprint density at radius 1 is 1.17 bits per heavy atom. The van der Waals surface area contributed by atoms with Gasteiger partial charge in [-0.15, -0.1) is 13.1 Å². The molecule has 68 valence electrons. The van der Waals surface area contributed by atoms with Gasteiger partial charge in [-0.2, -0.15) is 0 Å². The normalized spacial score (nSPS) is 10.0. The van der Waals surface area contributed by atoms with Crippen LogP contribution in [0.3, 0.4) is 0 Å². The van der Waals surface area contributed by atoms with Gasteiger partial charge in [-0.05, 0) is 6.42 Å². The van der Waals surface area contributed by atoms with E-state index < -0.39 is 0 Å². The molecule has 0 fully saturated rings. The second-order valence-corrected chi connectivity index (χ2v) is 2.45. The maximum absolute atomic E-state index is 5.32. The molecule has 0 aliphatic carbocycles. The first-order valence-corrected chi connectivity index (χ1v) is 4.23. The Balaban J connectivity index is 0. The van der Waals surface area contributed by atoms with Gasteiger partial charge in [0, 0.05) is 13.2 Å². The molecule has 0 spiro atoms. The molecule has 0 heterocycles. The Kier molecular flexibility index (Phi) is 15.3. The van der Waals surface area contributed by atoms with Crippen molar-refractivity contribution in [2.75, 3.05) is 32.8 Å². The van der Waals surface area contributed by atoms with Gasteiger partial charge in [-0.1, -0.05) is 6.92 Å². The van der Waals surface area contributed by atoms with Gasteiger partial charge >= 0.3 is 29.6 Å². The topological polar surface area (TPSA) is 12.5 Å². The van der Waals surface area contributed by atoms with Crippen molar-refractivity contribution < 1.29 is 34.3 Å². The maximum atomic E-state index is 5.32. The summed E-state index contributed by atoms with van der Waals surface area (Å²) in [7, 11) is 0. The van der Waals surface area contributed by atoms with Gasteiger partial charge in [0.2, 0.25) is 0 Å². The van der Waals surface area contributed by atoms with Gasteiger partial charge in [0.25, 0.3) is 0 Å². The van der Waals surface area contributed by atoms with Crippen molar-refractivity contribution in [1.82, 2.24) is 4.90 Å². The predicted octanol–water partition coefficient (Wildman–Crippen LogP) is -1.61. The van der Waals surface area contributed by atoms with Crippen molar-refractivity contribution in [3.05, 3.63) is 13.8 Å². The van der Waals surface area contributed by atoms with E-state index in [1.54, 1.807) is 0 Å². The summed E-state index contributed by atoms with van der Waals surface area (Å²) in [6.07, 6.45) is 1.09. The molecule has 0 aliphatic heterocycles. The fourth-order valence-corrected chi connectivity index (χ4v) is 0.775. The fraction of sp³-hybridized carbons (Fsp3) is 0.778. The number of nitrogens with zero attached hydrogens (tertiary/aromatic N) is 1. The number of rotatable bonds is 7. The molecular formula is C9H19NNaO-. The molecule has 0 aromatic carbocycles. The summed E-state index contributed by atoms with van der Waals surface area (Å²) in [6.45, 7) is 13.9. The Labute approximate surface area is 98.9 Å². The van der Waals surface area contributed by atoms with Crippen LogP contribution in [0, 0.1) is 13.8 Å². The summed E-state index contributed by atoms with van der Waals surface area (Å²) >= 11 is 0. The minimum absolute atomic E-state index is 0.